The van der Waals surface area contributed by atoms with Crippen LogP contribution in [0.3, 0.4) is 0 Å². The van der Waals surface area contributed by atoms with E-state index in [2.05, 4.69) is 11.6 Å². The molecule has 1 N–H and O–H groups in total. The second-order valence-electron chi connectivity index (χ2n) is 8.39. The van der Waals surface area contributed by atoms with Crippen LogP contribution in [0.4, 0.5) is 0 Å². The van der Waals surface area contributed by atoms with Crippen molar-refractivity contribution >= 4 is 15.9 Å². The third-order valence-corrected chi connectivity index (χ3v) is 7.43. The number of amides is 1. The van der Waals surface area contributed by atoms with Crippen LogP contribution >= 0.6 is 0 Å². The van der Waals surface area contributed by atoms with Crippen molar-refractivity contribution in [2.75, 3.05) is 13.1 Å². The average molecular weight is 449 g/mol. The fourth-order valence-electron chi connectivity index (χ4n) is 3.88. The van der Waals surface area contributed by atoms with Gasteiger partial charge in [0.15, 0.2) is 0 Å². The molecule has 0 spiro atoms. The summed E-state index contributed by atoms with van der Waals surface area (Å²) >= 11 is 0. The zero-order chi connectivity index (χ0) is 22.6. The molecule has 32 heavy (non-hydrogen) atoms. The van der Waals surface area contributed by atoms with Crippen molar-refractivity contribution in [3.05, 3.63) is 90.0 Å². The van der Waals surface area contributed by atoms with Crippen LogP contribution in [0.1, 0.15) is 35.7 Å². The Balaban J connectivity index is 1.41. The van der Waals surface area contributed by atoms with Crippen LogP contribution in [-0.4, -0.2) is 32.3 Å². The second kappa shape index (κ2) is 9.67. The third-order valence-electron chi connectivity index (χ3n) is 6.01. The molecule has 0 aliphatic carbocycles. The van der Waals surface area contributed by atoms with Gasteiger partial charge in [0.25, 0.3) is 5.91 Å². The molecule has 0 aromatic heterocycles. The molecule has 0 saturated carbocycles. The first-order chi connectivity index (χ1) is 15.4. The zero-order valence-electron chi connectivity index (χ0n) is 18.2. The van der Waals surface area contributed by atoms with Gasteiger partial charge < -0.3 is 4.90 Å². The third kappa shape index (κ3) is 5.26. The minimum absolute atomic E-state index is 0.0781. The molecule has 4 rings (SSSR count). The van der Waals surface area contributed by atoms with E-state index < -0.39 is 10.0 Å². The van der Waals surface area contributed by atoms with E-state index in [0.29, 0.717) is 11.5 Å². The first kappa shape index (κ1) is 22.2. The quantitative estimate of drug-likeness (QED) is 0.594. The van der Waals surface area contributed by atoms with E-state index in [-0.39, 0.29) is 17.3 Å². The van der Waals surface area contributed by atoms with E-state index in [1.54, 1.807) is 24.3 Å². The van der Waals surface area contributed by atoms with Crippen LogP contribution in [0, 0.1) is 5.92 Å². The van der Waals surface area contributed by atoms with Gasteiger partial charge in [-0.2, -0.15) is 0 Å². The Kier molecular flexibility index (Phi) is 6.72. The molecule has 3 aromatic carbocycles. The van der Waals surface area contributed by atoms with Crippen LogP contribution in [0.5, 0.6) is 0 Å². The van der Waals surface area contributed by atoms with Gasteiger partial charge in [-0.25, -0.2) is 13.1 Å². The maximum Gasteiger partial charge on any atom is 0.253 e. The van der Waals surface area contributed by atoms with Crippen molar-refractivity contribution in [2.24, 2.45) is 5.92 Å². The lowest BCUT2D eigenvalue weighted by molar-refractivity contribution is 0.0697. The molecule has 1 fully saturated rings. The van der Waals surface area contributed by atoms with E-state index in [4.69, 9.17) is 0 Å². The summed E-state index contributed by atoms with van der Waals surface area (Å²) < 4.78 is 27.8. The lowest BCUT2D eigenvalue weighted by Gasteiger charge is -2.30. The highest BCUT2D eigenvalue weighted by molar-refractivity contribution is 7.89. The van der Waals surface area contributed by atoms with E-state index in [0.717, 1.165) is 42.6 Å². The summed E-state index contributed by atoms with van der Waals surface area (Å²) in [6.07, 6.45) is 2.11. The molecule has 0 atom stereocenters. The van der Waals surface area contributed by atoms with Crippen molar-refractivity contribution in [1.82, 2.24) is 9.62 Å². The number of nitrogens with one attached hydrogen (secondary N) is 1. The van der Waals surface area contributed by atoms with E-state index in [1.807, 2.05) is 59.5 Å². The number of carbonyl (C=O) groups excluding carboxylic acids is 1. The number of sulfonamides is 1. The van der Waals surface area contributed by atoms with E-state index in [1.165, 1.54) is 0 Å². The van der Waals surface area contributed by atoms with Crippen molar-refractivity contribution < 1.29 is 13.2 Å². The topological polar surface area (TPSA) is 66.5 Å². The summed E-state index contributed by atoms with van der Waals surface area (Å²) in [5.74, 6) is 0.760. The van der Waals surface area contributed by atoms with Crippen LogP contribution in [0.25, 0.3) is 11.1 Å². The van der Waals surface area contributed by atoms with Gasteiger partial charge in [-0.1, -0.05) is 61.5 Å². The van der Waals surface area contributed by atoms with Crippen molar-refractivity contribution in [3.63, 3.8) is 0 Å². The molecule has 0 bridgehead atoms. The fraction of sp³-hybridized carbons (Fsp3) is 0.269. The van der Waals surface area contributed by atoms with Gasteiger partial charge in [0, 0.05) is 25.2 Å². The zero-order valence-corrected chi connectivity index (χ0v) is 19.0. The van der Waals surface area contributed by atoms with Crippen molar-refractivity contribution in [1.29, 1.82) is 0 Å². The van der Waals surface area contributed by atoms with Gasteiger partial charge in [-0.15, -0.1) is 0 Å². The molecule has 0 radical (unpaired) electrons. The number of benzene rings is 3. The predicted molar refractivity (Wildman–Crippen MR) is 127 cm³/mol. The Morgan fingerprint density at radius 3 is 2.03 bits per heavy atom. The Morgan fingerprint density at radius 1 is 0.875 bits per heavy atom. The SMILES string of the molecule is CC1CCN(C(=O)c2ccc(-c3ccc(S(=O)(=O)NCc4ccccc4)cc3)cc2)CC1. The molecule has 1 heterocycles. The van der Waals surface area contributed by atoms with Crippen LogP contribution in [0.2, 0.25) is 0 Å². The van der Waals surface area contributed by atoms with Crippen LogP contribution < -0.4 is 4.72 Å². The van der Waals surface area contributed by atoms with E-state index in [9.17, 15) is 13.2 Å². The summed E-state index contributed by atoms with van der Waals surface area (Å²) in [6.45, 7) is 4.11. The minimum Gasteiger partial charge on any atom is -0.339 e. The number of hydrogen-bond donors (Lipinski definition) is 1. The highest BCUT2D eigenvalue weighted by Gasteiger charge is 2.21. The van der Waals surface area contributed by atoms with Gasteiger partial charge in [0.1, 0.15) is 0 Å². The number of rotatable bonds is 6. The summed E-state index contributed by atoms with van der Waals surface area (Å²) in [5.41, 5.74) is 3.43. The summed E-state index contributed by atoms with van der Waals surface area (Å²) in [7, 11) is -3.59. The summed E-state index contributed by atoms with van der Waals surface area (Å²) in [4.78, 5) is 14.9. The number of nitrogens with zero attached hydrogens (tertiary/aromatic N) is 1. The number of piperidine rings is 1. The van der Waals surface area contributed by atoms with Crippen LogP contribution in [0.15, 0.2) is 83.8 Å². The standard InChI is InChI=1S/C26H28N2O3S/c1-20-15-17-28(18-16-20)26(29)24-9-7-22(8-10-24)23-11-13-25(14-12-23)32(30,31)27-19-21-5-3-2-4-6-21/h2-14,20,27H,15-19H2,1H3. The largest absolute Gasteiger partial charge is 0.339 e. The monoisotopic (exact) mass is 448 g/mol. The van der Waals surface area contributed by atoms with Crippen molar-refractivity contribution in [2.45, 2.75) is 31.2 Å². The number of hydrogen-bond acceptors (Lipinski definition) is 3. The second-order valence-corrected chi connectivity index (χ2v) is 10.2. The molecular formula is C26H28N2O3S. The summed E-state index contributed by atoms with van der Waals surface area (Å²) in [5, 5.41) is 0. The first-order valence-corrected chi connectivity index (χ1v) is 12.4. The van der Waals surface area contributed by atoms with Crippen LogP contribution in [-0.2, 0) is 16.6 Å². The molecule has 1 saturated heterocycles. The number of likely N-dealkylation sites (tertiary alicyclic amines) is 1. The molecule has 1 amide bonds. The molecule has 5 nitrogen and oxygen atoms in total. The van der Waals surface area contributed by atoms with Gasteiger partial charge in [-0.05, 0) is 59.7 Å². The number of carbonyl (C=O) groups is 1. The fourth-order valence-corrected chi connectivity index (χ4v) is 4.90. The maximum atomic E-state index is 12.7. The van der Waals surface area contributed by atoms with Gasteiger partial charge >= 0.3 is 0 Å². The normalized spacial score (nSPS) is 15.0. The van der Waals surface area contributed by atoms with Gasteiger partial charge in [0.05, 0.1) is 4.90 Å². The first-order valence-electron chi connectivity index (χ1n) is 11.0. The summed E-state index contributed by atoms with van der Waals surface area (Å²) in [6, 6.07) is 23.7. The average Bonchev–Trinajstić information content (AvgIpc) is 2.84. The Morgan fingerprint density at radius 2 is 1.44 bits per heavy atom. The molecular weight excluding hydrogens is 420 g/mol. The predicted octanol–water partition coefficient (Wildman–Crippen LogP) is 4.70. The van der Waals surface area contributed by atoms with Gasteiger partial charge in [0.2, 0.25) is 10.0 Å². The Bertz CT molecular complexity index is 1150. The minimum atomic E-state index is -3.59. The molecule has 3 aromatic rings. The lowest BCUT2D eigenvalue weighted by Crippen LogP contribution is -2.37. The van der Waals surface area contributed by atoms with Gasteiger partial charge in [-0.3, -0.25) is 4.79 Å². The molecule has 1 aliphatic heterocycles. The van der Waals surface area contributed by atoms with E-state index >= 15 is 0 Å². The molecule has 1 aliphatic rings. The smallest absolute Gasteiger partial charge is 0.253 e. The highest BCUT2D eigenvalue weighted by Crippen LogP contribution is 2.23. The molecule has 6 heteroatoms. The Hall–Kier alpha value is -2.96. The maximum absolute atomic E-state index is 12.7. The molecule has 166 valence electrons. The Labute approximate surface area is 190 Å². The lowest BCUT2D eigenvalue weighted by atomic mass is 9.98. The van der Waals surface area contributed by atoms with Crippen molar-refractivity contribution in [3.8, 4) is 11.1 Å². The molecule has 0 unspecified atom stereocenters. The highest BCUT2D eigenvalue weighted by atomic mass is 32.2.